The fourth-order valence-corrected chi connectivity index (χ4v) is 3.36. The van der Waals surface area contributed by atoms with E-state index in [4.69, 9.17) is 5.11 Å². The zero-order valence-electron chi connectivity index (χ0n) is 15.0. The van der Waals surface area contributed by atoms with Gasteiger partial charge in [-0.25, -0.2) is 13.1 Å². The van der Waals surface area contributed by atoms with Crippen LogP contribution in [0.1, 0.15) is 11.3 Å². The van der Waals surface area contributed by atoms with Gasteiger partial charge in [0, 0.05) is 11.8 Å². The fourth-order valence-electron chi connectivity index (χ4n) is 2.72. The van der Waals surface area contributed by atoms with Gasteiger partial charge in [-0.15, -0.1) is 0 Å². The van der Waals surface area contributed by atoms with Crippen LogP contribution in [0.2, 0.25) is 0 Å². The van der Waals surface area contributed by atoms with Crippen molar-refractivity contribution in [3.05, 3.63) is 65.9 Å². The number of benzene rings is 2. The third kappa shape index (κ3) is 4.65. The molecule has 152 valence electrons. The smallest absolute Gasteiger partial charge is 0.435 e. The lowest BCUT2D eigenvalue weighted by atomic mass is 10.1. The summed E-state index contributed by atoms with van der Waals surface area (Å²) in [4.78, 5) is 10.8. The minimum absolute atomic E-state index is 0.0315. The molecule has 6 nitrogen and oxygen atoms in total. The summed E-state index contributed by atoms with van der Waals surface area (Å²) < 4.78 is 63.9. The molecule has 0 saturated heterocycles. The average molecular weight is 424 g/mol. The molecular formula is C19H15F3N2O4S. The van der Waals surface area contributed by atoms with Gasteiger partial charge in [-0.05, 0) is 35.9 Å². The Bertz CT molecular complexity index is 1150. The van der Waals surface area contributed by atoms with Gasteiger partial charge in [-0.2, -0.15) is 18.3 Å². The predicted octanol–water partition coefficient (Wildman–Crippen LogP) is 3.59. The Labute approximate surface area is 164 Å². The highest BCUT2D eigenvalue weighted by atomic mass is 32.2. The van der Waals surface area contributed by atoms with E-state index in [0.717, 1.165) is 17.0 Å². The summed E-state index contributed by atoms with van der Waals surface area (Å²) in [6.07, 6.45) is -3.85. The van der Waals surface area contributed by atoms with E-state index in [1.165, 1.54) is 48.5 Å². The highest BCUT2D eigenvalue weighted by molar-refractivity contribution is 7.90. The largest absolute Gasteiger partial charge is 0.481 e. The van der Waals surface area contributed by atoms with Crippen molar-refractivity contribution < 1.29 is 31.5 Å². The lowest BCUT2D eigenvalue weighted by molar-refractivity contribution is -0.141. The summed E-state index contributed by atoms with van der Waals surface area (Å²) in [7, 11) is -3.45. The van der Waals surface area contributed by atoms with Gasteiger partial charge in [-0.1, -0.05) is 24.3 Å². The Morgan fingerprint density at radius 1 is 1.07 bits per heavy atom. The summed E-state index contributed by atoms with van der Waals surface area (Å²) >= 11 is 0. The lowest BCUT2D eigenvalue weighted by Gasteiger charge is -2.09. The van der Waals surface area contributed by atoms with Crippen molar-refractivity contribution in [2.24, 2.45) is 0 Å². The molecule has 0 atom stereocenters. The van der Waals surface area contributed by atoms with Gasteiger partial charge in [0.2, 0.25) is 0 Å². The van der Waals surface area contributed by atoms with Crippen molar-refractivity contribution in [3.63, 3.8) is 0 Å². The summed E-state index contributed by atoms with van der Waals surface area (Å²) in [5, 5.41) is 12.5. The highest BCUT2D eigenvalue weighted by Crippen LogP contribution is 2.33. The summed E-state index contributed by atoms with van der Waals surface area (Å²) in [5.74, 6) is -1.02. The maximum atomic E-state index is 13.2. The van der Waals surface area contributed by atoms with Gasteiger partial charge >= 0.3 is 12.1 Å². The molecule has 0 aliphatic rings. The number of halogens is 3. The van der Waals surface area contributed by atoms with E-state index in [2.05, 4.69) is 5.10 Å². The number of alkyl halides is 3. The molecule has 1 aromatic heterocycles. The molecule has 0 bridgehead atoms. The molecule has 10 heteroatoms. The second-order valence-corrected chi connectivity index (χ2v) is 8.37. The second-order valence-electron chi connectivity index (χ2n) is 6.36. The standard InChI is InChI=1S/C19H15F3N2O4S/c1-29(27,28)15-8-6-14(7-9-15)24-16(11-17(23-24)19(20,21)22)13-4-2-12(3-5-13)10-18(25)26/h2-9,11H,10H2,1H3,(H,25,26). The van der Waals surface area contributed by atoms with Gasteiger partial charge in [0.05, 0.1) is 22.7 Å². The van der Waals surface area contributed by atoms with Crippen molar-refractivity contribution in [2.75, 3.05) is 6.26 Å². The van der Waals surface area contributed by atoms with Crippen LogP contribution in [-0.2, 0) is 27.2 Å². The van der Waals surface area contributed by atoms with E-state index in [-0.39, 0.29) is 22.7 Å². The summed E-state index contributed by atoms with van der Waals surface area (Å²) in [6.45, 7) is 0. The minimum atomic E-state index is -4.67. The molecule has 0 unspecified atom stereocenters. The molecule has 1 N–H and O–H groups in total. The fraction of sp³-hybridized carbons (Fsp3) is 0.158. The highest BCUT2D eigenvalue weighted by Gasteiger charge is 2.35. The van der Waals surface area contributed by atoms with Crippen LogP contribution < -0.4 is 0 Å². The number of hydrogen-bond donors (Lipinski definition) is 1. The molecule has 0 radical (unpaired) electrons. The molecule has 0 fully saturated rings. The summed E-state index contributed by atoms with van der Waals surface area (Å²) in [5.41, 5.74) is 0.174. The second kappa shape index (κ2) is 7.36. The first kappa shape index (κ1) is 20.6. The zero-order valence-corrected chi connectivity index (χ0v) is 15.8. The summed E-state index contributed by atoms with van der Waals surface area (Å²) in [6, 6.07) is 12.3. The van der Waals surface area contributed by atoms with Crippen molar-refractivity contribution in [1.82, 2.24) is 9.78 Å². The maximum Gasteiger partial charge on any atom is 0.435 e. The molecule has 0 aliphatic heterocycles. The molecule has 0 aliphatic carbocycles. The minimum Gasteiger partial charge on any atom is -0.481 e. The molecule has 29 heavy (non-hydrogen) atoms. The van der Waals surface area contributed by atoms with Gasteiger partial charge < -0.3 is 5.11 Å². The molecule has 0 saturated carbocycles. The third-order valence-electron chi connectivity index (χ3n) is 4.11. The Kier molecular flexibility index (Phi) is 5.22. The number of rotatable bonds is 5. The Morgan fingerprint density at radius 3 is 2.14 bits per heavy atom. The van der Waals surface area contributed by atoms with Crippen LogP contribution in [0.5, 0.6) is 0 Å². The number of carbonyl (C=O) groups is 1. The topological polar surface area (TPSA) is 89.3 Å². The van der Waals surface area contributed by atoms with Crippen molar-refractivity contribution in [1.29, 1.82) is 0 Å². The van der Waals surface area contributed by atoms with E-state index >= 15 is 0 Å². The third-order valence-corrected chi connectivity index (χ3v) is 5.24. The van der Waals surface area contributed by atoms with Gasteiger partial charge in [-0.3, -0.25) is 4.79 Å². The van der Waals surface area contributed by atoms with Crippen molar-refractivity contribution in [2.45, 2.75) is 17.5 Å². The van der Waals surface area contributed by atoms with Gasteiger partial charge in [0.1, 0.15) is 0 Å². The number of hydrogen-bond acceptors (Lipinski definition) is 4. The maximum absolute atomic E-state index is 13.2. The predicted molar refractivity (Wildman–Crippen MR) is 98.5 cm³/mol. The van der Waals surface area contributed by atoms with Gasteiger partial charge in [0.25, 0.3) is 0 Å². The Balaban J connectivity index is 2.09. The lowest BCUT2D eigenvalue weighted by Crippen LogP contribution is -2.07. The normalized spacial score (nSPS) is 12.1. The number of aliphatic carboxylic acids is 1. The van der Waals surface area contributed by atoms with E-state index < -0.39 is 27.7 Å². The number of nitrogens with zero attached hydrogens (tertiary/aromatic N) is 2. The first-order valence-electron chi connectivity index (χ1n) is 8.24. The van der Waals surface area contributed by atoms with Crippen LogP contribution in [0.3, 0.4) is 0 Å². The molecule has 3 aromatic rings. The Morgan fingerprint density at radius 2 is 1.66 bits per heavy atom. The van der Waals surface area contributed by atoms with Crippen LogP contribution in [0.4, 0.5) is 13.2 Å². The Hall–Kier alpha value is -3.14. The van der Waals surface area contributed by atoms with Crippen LogP contribution in [-0.4, -0.2) is 35.5 Å². The average Bonchev–Trinajstić information content (AvgIpc) is 3.07. The first-order chi connectivity index (χ1) is 13.4. The molecule has 2 aromatic carbocycles. The molecule has 0 amide bonds. The molecule has 3 rings (SSSR count). The monoisotopic (exact) mass is 424 g/mol. The van der Waals surface area contributed by atoms with Gasteiger partial charge in [0.15, 0.2) is 15.5 Å². The zero-order chi connectivity index (χ0) is 21.4. The SMILES string of the molecule is CS(=O)(=O)c1ccc(-n2nc(C(F)(F)F)cc2-c2ccc(CC(=O)O)cc2)cc1. The van der Waals surface area contributed by atoms with Crippen LogP contribution in [0.25, 0.3) is 16.9 Å². The van der Waals surface area contributed by atoms with Crippen LogP contribution >= 0.6 is 0 Å². The molecular weight excluding hydrogens is 409 g/mol. The van der Waals surface area contributed by atoms with Crippen LogP contribution in [0.15, 0.2) is 59.5 Å². The number of carboxylic acids is 1. The van der Waals surface area contributed by atoms with Crippen molar-refractivity contribution in [3.8, 4) is 16.9 Å². The molecule has 0 spiro atoms. The first-order valence-corrected chi connectivity index (χ1v) is 10.1. The van der Waals surface area contributed by atoms with E-state index in [0.29, 0.717) is 11.1 Å². The van der Waals surface area contributed by atoms with E-state index in [1.807, 2.05) is 0 Å². The van der Waals surface area contributed by atoms with Crippen molar-refractivity contribution >= 4 is 15.8 Å². The number of carboxylic acid groups (broad SMARTS) is 1. The van der Waals surface area contributed by atoms with E-state index in [1.54, 1.807) is 0 Å². The number of sulfone groups is 1. The molecule has 1 heterocycles. The quantitative estimate of drug-likeness (QED) is 0.676. The van der Waals surface area contributed by atoms with E-state index in [9.17, 15) is 26.4 Å². The van der Waals surface area contributed by atoms with Crippen LogP contribution in [0, 0.1) is 0 Å². The number of aromatic nitrogens is 2.